The summed E-state index contributed by atoms with van der Waals surface area (Å²) in [4.78, 5) is 43.4. The summed E-state index contributed by atoms with van der Waals surface area (Å²) in [5, 5.41) is 20.7. The predicted molar refractivity (Wildman–Crippen MR) is 246 cm³/mol. The van der Waals surface area contributed by atoms with E-state index >= 15 is 0 Å². The van der Waals surface area contributed by atoms with Crippen LogP contribution in [0.3, 0.4) is 0 Å². The molecule has 5 aromatic rings. The number of benzene rings is 4. The van der Waals surface area contributed by atoms with E-state index in [0.29, 0.717) is 71.4 Å². The lowest BCUT2D eigenvalue weighted by Gasteiger charge is -2.23. The van der Waals surface area contributed by atoms with Gasteiger partial charge in [-0.05, 0) is 71.2 Å². The van der Waals surface area contributed by atoms with Gasteiger partial charge in [-0.1, -0.05) is 91.9 Å². The van der Waals surface area contributed by atoms with E-state index in [-0.39, 0.29) is 32.0 Å². The van der Waals surface area contributed by atoms with E-state index in [0.717, 1.165) is 57.6 Å². The number of aryl methyl sites for hydroxylation is 1. The largest absolute Gasteiger partial charge is 0.491 e. The van der Waals surface area contributed by atoms with Crippen molar-refractivity contribution >= 4 is 34.4 Å². The monoisotopic (exact) mass is 878 g/mol. The fourth-order valence-corrected chi connectivity index (χ4v) is 6.78. The molecule has 0 bridgehead atoms. The quantitative estimate of drug-likeness (QED) is 0.0328. The molecule has 14 heteroatoms. The number of hydrogen-bond acceptors (Lipinski definition) is 11. The minimum absolute atomic E-state index is 0.113. The number of carbonyl (C=O) groups excluding carboxylic acids is 2. The minimum atomic E-state index is -1.09. The van der Waals surface area contributed by atoms with Crippen LogP contribution in [0.2, 0.25) is 0 Å². The Labute approximate surface area is 376 Å². The highest BCUT2D eigenvalue weighted by Crippen LogP contribution is 2.35. The van der Waals surface area contributed by atoms with Gasteiger partial charge in [0.1, 0.15) is 24.2 Å². The molecular formula is C50H62N4O10. The van der Waals surface area contributed by atoms with Gasteiger partial charge in [-0.2, -0.15) is 0 Å². The number of fused-ring (bicyclic) bond motifs is 1. The zero-order valence-corrected chi connectivity index (χ0v) is 36.9. The van der Waals surface area contributed by atoms with Crippen molar-refractivity contribution in [1.29, 1.82) is 0 Å². The van der Waals surface area contributed by atoms with E-state index in [1.54, 1.807) is 6.20 Å². The third-order valence-corrected chi connectivity index (χ3v) is 10.0. The predicted octanol–water partition coefficient (Wildman–Crippen LogP) is 7.29. The molecule has 5 rings (SSSR count). The number of nitrogens with one attached hydrogen (secondary N) is 3. The maximum Gasteiger partial charge on any atom is 0.305 e. The minimum Gasteiger partial charge on any atom is -0.491 e. The standard InChI is InChI=1S/C50H62N4O10/c1-3-24-59-25-26-60-27-28-61-29-30-62-31-32-64-46-20-19-41(42-12-7-8-13-43(42)46)39-15-17-40(18-16-39)44(34-49(56)57)54-50(58)45(36-63-35-38-10-5-4-6-11-38)53-48(55)14-9-22-51-47-33-37(2)21-23-52-47/h4-8,10-13,15-21,23,33,44-45H,3,9,14,22,24-32,34-36H2,1-2H3,(H,51,52)(H,53,55)(H,54,58)(H,56,57)/t44-,45-/m0/s1. The Morgan fingerprint density at radius 1 is 0.703 bits per heavy atom. The average molecular weight is 879 g/mol. The molecule has 0 aliphatic rings. The van der Waals surface area contributed by atoms with Crippen molar-refractivity contribution in [2.24, 2.45) is 0 Å². The molecule has 0 radical (unpaired) electrons. The number of amides is 2. The molecule has 0 saturated heterocycles. The molecule has 342 valence electrons. The second-order valence-corrected chi connectivity index (χ2v) is 15.1. The molecule has 0 unspecified atom stereocenters. The number of hydrogen-bond donors (Lipinski definition) is 4. The van der Waals surface area contributed by atoms with E-state index in [9.17, 15) is 19.5 Å². The second kappa shape index (κ2) is 28.0. The van der Waals surface area contributed by atoms with Gasteiger partial charge in [0, 0.05) is 31.2 Å². The Morgan fingerprint density at radius 3 is 2.03 bits per heavy atom. The first-order valence-corrected chi connectivity index (χ1v) is 22.0. The van der Waals surface area contributed by atoms with Crippen LogP contribution in [0.1, 0.15) is 55.3 Å². The van der Waals surface area contributed by atoms with E-state index in [1.807, 2.05) is 110 Å². The molecule has 1 heterocycles. The molecule has 0 aliphatic carbocycles. The first kappa shape index (κ1) is 49.1. The normalized spacial score (nSPS) is 12.1. The van der Waals surface area contributed by atoms with Gasteiger partial charge in [-0.15, -0.1) is 0 Å². The van der Waals surface area contributed by atoms with Crippen LogP contribution in [-0.4, -0.2) is 107 Å². The third-order valence-electron chi connectivity index (χ3n) is 10.0. The summed E-state index contributed by atoms with van der Waals surface area (Å²) in [5.41, 5.74) is 4.44. The third kappa shape index (κ3) is 17.3. The van der Waals surface area contributed by atoms with Crippen molar-refractivity contribution in [1.82, 2.24) is 15.6 Å². The molecule has 4 N–H and O–H groups in total. The number of anilines is 1. The lowest BCUT2D eigenvalue weighted by atomic mass is 9.95. The van der Waals surface area contributed by atoms with Crippen molar-refractivity contribution < 1.29 is 47.9 Å². The fourth-order valence-electron chi connectivity index (χ4n) is 6.78. The van der Waals surface area contributed by atoms with Gasteiger partial charge in [0.05, 0.1) is 71.9 Å². The summed E-state index contributed by atoms with van der Waals surface area (Å²) in [6.45, 7) is 9.25. The number of aromatic nitrogens is 1. The molecule has 2 amide bonds. The van der Waals surface area contributed by atoms with E-state index in [2.05, 4.69) is 27.9 Å². The number of carboxylic acids is 1. The zero-order valence-electron chi connectivity index (χ0n) is 36.9. The van der Waals surface area contributed by atoms with Crippen LogP contribution in [0.15, 0.2) is 109 Å². The number of pyridine rings is 1. The number of ether oxygens (including phenoxy) is 6. The highest BCUT2D eigenvalue weighted by Gasteiger charge is 2.26. The van der Waals surface area contributed by atoms with E-state index in [1.165, 1.54) is 0 Å². The summed E-state index contributed by atoms with van der Waals surface area (Å²) in [7, 11) is 0. The first-order valence-electron chi connectivity index (χ1n) is 22.0. The van der Waals surface area contributed by atoms with Gasteiger partial charge in [0.15, 0.2) is 0 Å². The number of carboxylic acid groups (broad SMARTS) is 1. The topological polar surface area (TPSA) is 176 Å². The maximum atomic E-state index is 13.9. The fraction of sp³-hybridized carbons (Fsp3) is 0.400. The molecule has 64 heavy (non-hydrogen) atoms. The Kier molecular flexibility index (Phi) is 21.5. The highest BCUT2D eigenvalue weighted by molar-refractivity contribution is 6.00. The van der Waals surface area contributed by atoms with E-state index in [4.69, 9.17) is 28.4 Å². The SMILES string of the molecule is CCCOCCOCCOCCOCCOc1ccc(-c2ccc([C@H](CC(=O)O)NC(=O)[C@H](COCc3ccccc3)NC(=O)CCCNc3cc(C)ccn3)cc2)c2ccccc12. The molecule has 0 spiro atoms. The van der Waals surface area contributed by atoms with Crippen LogP contribution < -0.4 is 20.7 Å². The van der Waals surface area contributed by atoms with Gasteiger partial charge in [-0.25, -0.2) is 4.98 Å². The Morgan fingerprint density at radius 2 is 1.36 bits per heavy atom. The Bertz CT molecular complexity index is 2150. The van der Waals surface area contributed by atoms with Crippen molar-refractivity contribution in [3.05, 3.63) is 126 Å². The van der Waals surface area contributed by atoms with Crippen LogP contribution in [0.4, 0.5) is 5.82 Å². The summed E-state index contributed by atoms with van der Waals surface area (Å²) >= 11 is 0. The van der Waals surface area contributed by atoms with Crippen molar-refractivity contribution in [3.8, 4) is 16.9 Å². The van der Waals surface area contributed by atoms with Gasteiger partial charge >= 0.3 is 5.97 Å². The zero-order chi connectivity index (χ0) is 45.2. The molecular weight excluding hydrogens is 817 g/mol. The summed E-state index contributed by atoms with van der Waals surface area (Å²) in [6, 6.07) is 30.7. The van der Waals surface area contributed by atoms with Crippen LogP contribution >= 0.6 is 0 Å². The summed E-state index contributed by atoms with van der Waals surface area (Å²) in [6.07, 6.45) is 3.00. The van der Waals surface area contributed by atoms with Crippen LogP contribution in [0.5, 0.6) is 5.75 Å². The van der Waals surface area contributed by atoms with Crippen LogP contribution in [0, 0.1) is 6.92 Å². The van der Waals surface area contributed by atoms with E-state index < -0.39 is 24.0 Å². The smallest absolute Gasteiger partial charge is 0.305 e. The lowest BCUT2D eigenvalue weighted by Crippen LogP contribution is -2.50. The highest BCUT2D eigenvalue weighted by atomic mass is 16.6. The van der Waals surface area contributed by atoms with Crippen LogP contribution in [0.25, 0.3) is 21.9 Å². The Hall–Kier alpha value is -5.90. The Balaban J connectivity index is 1.16. The summed E-state index contributed by atoms with van der Waals surface area (Å²) < 4.78 is 34.2. The number of carbonyl (C=O) groups is 3. The number of aliphatic carboxylic acids is 1. The average Bonchev–Trinajstić information content (AvgIpc) is 3.30. The number of nitrogens with zero attached hydrogens (tertiary/aromatic N) is 1. The molecule has 4 aromatic carbocycles. The van der Waals surface area contributed by atoms with Crippen LogP contribution in [-0.2, 0) is 44.7 Å². The van der Waals surface area contributed by atoms with Crippen molar-refractivity contribution in [2.75, 3.05) is 77.9 Å². The van der Waals surface area contributed by atoms with Gasteiger partial charge in [0.25, 0.3) is 0 Å². The molecule has 0 fully saturated rings. The molecule has 2 atom stereocenters. The van der Waals surface area contributed by atoms with Gasteiger partial charge in [0.2, 0.25) is 11.8 Å². The van der Waals surface area contributed by atoms with Crippen molar-refractivity contribution in [2.45, 2.75) is 58.2 Å². The lowest BCUT2D eigenvalue weighted by molar-refractivity contribution is -0.138. The van der Waals surface area contributed by atoms with Gasteiger partial charge < -0.3 is 49.5 Å². The molecule has 1 aromatic heterocycles. The maximum absolute atomic E-state index is 13.9. The summed E-state index contributed by atoms with van der Waals surface area (Å²) in [5.74, 6) is -0.521. The molecule has 14 nitrogen and oxygen atoms in total. The molecule has 0 saturated carbocycles. The second-order valence-electron chi connectivity index (χ2n) is 15.1. The number of rotatable bonds is 31. The first-order chi connectivity index (χ1) is 31.3. The molecule has 0 aliphatic heterocycles. The van der Waals surface area contributed by atoms with Gasteiger partial charge in [-0.3, -0.25) is 14.4 Å². The van der Waals surface area contributed by atoms with Crippen molar-refractivity contribution in [3.63, 3.8) is 0 Å².